The van der Waals surface area contributed by atoms with E-state index in [0.29, 0.717) is 39.6 Å². The van der Waals surface area contributed by atoms with E-state index >= 15 is 0 Å². The summed E-state index contributed by atoms with van der Waals surface area (Å²) in [6.07, 6.45) is 69.7. The molecule has 0 aliphatic carbocycles. The molecule has 0 radical (unpaired) electrons. The van der Waals surface area contributed by atoms with Crippen molar-refractivity contribution in [2.24, 2.45) is 35.5 Å². The highest BCUT2D eigenvalue weighted by Crippen LogP contribution is 2.53. The van der Waals surface area contributed by atoms with Gasteiger partial charge in [-0.15, -0.1) is 0 Å². The van der Waals surface area contributed by atoms with Crippen molar-refractivity contribution in [2.75, 3.05) is 39.6 Å². The lowest BCUT2D eigenvalue weighted by atomic mass is 9.74. The zero-order valence-corrected chi connectivity index (χ0v) is 91.4. The molecule has 9 nitrogen and oxygen atoms in total. The summed E-state index contributed by atoms with van der Waals surface area (Å²) in [6.45, 7) is 62.7. The van der Waals surface area contributed by atoms with Crippen LogP contribution in [0.3, 0.4) is 0 Å². The van der Waals surface area contributed by atoms with Crippen LogP contribution in [0.2, 0.25) is 0 Å². The first-order valence-corrected chi connectivity index (χ1v) is 57.6. The van der Waals surface area contributed by atoms with Gasteiger partial charge >= 0.3 is 25.8 Å². The van der Waals surface area contributed by atoms with Gasteiger partial charge in [0.1, 0.15) is 17.2 Å². The van der Waals surface area contributed by atoms with Gasteiger partial charge in [0.2, 0.25) is 0 Å². The van der Waals surface area contributed by atoms with Crippen LogP contribution in [0.1, 0.15) is 567 Å². The number of hydrogen-bond acceptors (Lipinski definition) is 9. The fraction of sp³-hybridized carbons (Fsp3) is 0.843. The maximum absolute atomic E-state index is 7.30. The monoisotopic (exact) mass is 1830 g/mol. The van der Waals surface area contributed by atoms with Crippen LogP contribution in [0.25, 0.3) is 0 Å². The maximum Gasteiger partial charge on any atom is 0.397 e. The van der Waals surface area contributed by atoms with Gasteiger partial charge in [-0.2, -0.15) is 0 Å². The van der Waals surface area contributed by atoms with Crippen LogP contribution in [-0.2, 0) is 43.4 Å². The Bertz CT molecular complexity index is 2880. The van der Waals surface area contributed by atoms with Crippen LogP contribution in [0, 0.1) is 56.3 Å². The van der Waals surface area contributed by atoms with Crippen molar-refractivity contribution in [1.82, 2.24) is 0 Å². The highest BCUT2D eigenvalue weighted by atomic mass is 31.2. The van der Waals surface area contributed by atoms with Gasteiger partial charge in [-0.05, 0) is 175 Å². The summed E-state index contributed by atoms with van der Waals surface area (Å²) in [5.41, 5.74) is 10.4. The molecule has 0 bridgehead atoms. The van der Waals surface area contributed by atoms with Crippen molar-refractivity contribution < 1.29 is 40.7 Å². The molecule has 3 rings (SSSR count). The summed E-state index contributed by atoms with van der Waals surface area (Å²) in [5, 5.41) is 0. The van der Waals surface area contributed by atoms with Crippen LogP contribution in [0.4, 0.5) is 0 Å². The summed E-state index contributed by atoms with van der Waals surface area (Å²) >= 11 is 0. The zero-order valence-electron chi connectivity index (χ0n) is 88.7. The Morgan fingerprint density at radius 1 is 0.213 bits per heavy atom. The normalized spacial score (nSPS) is 12.9. The Morgan fingerprint density at radius 2 is 0.370 bits per heavy atom. The SMILES string of the molecule is Cc1cc(OP(OCCCCCCCCCCC(C)C)OCCCCCCCCCCC(C)C)c(C(C)(C)C)cc1C(C)CC(c1cc(C(C)(C)C)c(OP(OCCCCCCCCCCC(C)C)OCCCCCCCCCCC(C)C)cc1C)c1cc(C(C)(C)C)c(OP(OCCCCCCCCCCC(C)C)OCCCCCCCCCCC(C)C)cc1C. The van der Waals surface area contributed by atoms with E-state index in [9.17, 15) is 0 Å². The van der Waals surface area contributed by atoms with Crippen molar-refractivity contribution in [2.45, 2.75) is 554 Å². The third-order valence-electron chi connectivity index (χ3n) is 26.2. The number of rotatable bonds is 83. The highest BCUT2D eigenvalue weighted by Gasteiger charge is 2.34. The van der Waals surface area contributed by atoms with Crippen LogP contribution >= 0.6 is 25.8 Å². The van der Waals surface area contributed by atoms with Gasteiger partial charge in [0.25, 0.3) is 0 Å². The summed E-state index contributed by atoms with van der Waals surface area (Å²) in [6, 6.07) is 14.6. The molecule has 3 aromatic carbocycles. The average molecular weight is 1830 g/mol. The van der Waals surface area contributed by atoms with Crippen molar-refractivity contribution >= 4 is 25.8 Å². The first kappa shape index (κ1) is 119. The predicted molar refractivity (Wildman–Crippen MR) is 561 cm³/mol. The molecule has 0 spiro atoms. The van der Waals surface area contributed by atoms with Crippen molar-refractivity contribution in [3.05, 3.63) is 86.5 Å². The molecule has 740 valence electrons. The average Bonchev–Trinajstić information content (AvgIpc) is 0.747. The molecule has 1 atom stereocenters. The Morgan fingerprint density at radius 3 is 0.543 bits per heavy atom. The van der Waals surface area contributed by atoms with Crippen LogP contribution in [0.15, 0.2) is 36.4 Å². The molecule has 0 amide bonds. The molecule has 0 saturated carbocycles. The zero-order chi connectivity index (χ0) is 93.5. The molecule has 1 unspecified atom stereocenters. The van der Waals surface area contributed by atoms with Gasteiger partial charge < -0.3 is 40.7 Å². The van der Waals surface area contributed by atoms with Crippen LogP contribution in [0.5, 0.6) is 17.2 Å². The van der Waals surface area contributed by atoms with Crippen LogP contribution < -0.4 is 13.6 Å². The summed E-state index contributed by atoms with van der Waals surface area (Å²) in [7, 11) is -4.97. The fourth-order valence-electron chi connectivity index (χ4n) is 17.9. The standard InChI is InChI=1S/C115H211O9P3/c1-93(2)74-62-50-38-26-32-44-56-68-80-116-125(117-81-69-57-45-33-27-39-51-63-75-94(3)4)122-110-87-100(14)103(90-107(110)113(17,18)19)99(13)86-106(104-91-108(114(20,21)22)111(88-101(104)15)123-126(118-82-70-58-46-34-28-40-52-64-76-95(5)6)119-83-71-59-47-35-29-41-53-65-77-96(7)8)105-92-109(115(23,24)25)112(89-102(105)16)124-127(120-84-72-60-48-36-30-42-54-66-78-97(9)10)121-85-73-61-49-37-31-43-55-67-79-98(11)12/h87-99,106H,26-86H2,1-25H3. The maximum atomic E-state index is 7.30. The highest BCUT2D eigenvalue weighted by molar-refractivity contribution is 7.42. The molecule has 0 aliphatic rings. The van der Waals surface area contributed by atoms with E-state index in [1.54, 1.807) is 0 Å². The van der Waals surface area contributed by atoms with Gasteiger partial charge in [0.05, 0.1) is 39.6 Å². The number of benzene rings is 3. The molecule has 0 aromatic heterocycles. The van der Waals surface area contributed by atoms with Crippen LogP contribution in [-0.4, -0.2) is 39.6 Å². The molecular formula is C115H211O9P3. The van der Waals surface area contributed by atoms with Gasteiger partial charge in [-0.1, -0.05) is 479 Å². The first-order chi connectivity index (χ1) is 60.7. The number of aryl methyl sites for hydroxylation is 3. The lowest BCUT2D eigenvalue weighted by molar-refractivity contribution is 0.197. The fourth-order valence-corrected chi connectivity index (χ4v) is 21.0. The Kier molecular flexibility index (Phi) is 68.1. The lowest BCUT2D eigenvalue weighted by Gasteiger charge is -2.33. The van der Waals surface area contributed by atoms with E-state index in [-0.39, 0.29) is 28.1 Å². The van der Waals surface area contributed by atoms with E-state index in [1.165, 1.54) is 333 Å². The second kappa shape index (κ2) is 72.5. The smallest absolute Gasteiger partial charge is 0.397 e. The van der Waals surface area contributed by atoms with E-state index in [0.717, 1.165) is 123 Å². The van der Waals surface area contributed by atoms with Crippen molar-refractivity contribution in [1.29, 1.82) is 0 Å². The predicted octanol–water partition coefficient (Wildman–Crippen LogP) is 40.7. The molecule has 0 fully saturated rings. The topological polar surface area (TPSA) is 83.1 Å². The van der Waals surface area contributed by atoms with Crippen molar-refractivity contribution in [3.8, 4) is 17.2 Å². The summed E-state index contributed by atoms with van der Waals surface area (Å²) in [5.74, 6) is 7.54. The third kappa shape index (κ3) is 59.7. The minimum absolute atomic E-state index is 0.0176. The molecule has 3 aromatic rings. The van der Waals surface area contributed by atoms with Crippen molar-refractivity contribution in [3.63, 3.8) is 0 Å². The minimum atomic E-state index is -1.67. The van der Waals surface area contributed by atoms with E-state index in [4.69, 9.17) is 40.7 Å². The van der Waals surface area contributed by atoms with Gasteiger partial charge in [0.15, 0.2) is 0 Å². The lowest BCUT2D eigenvalue weighted by Crippen LogP contribution is -2.19. The first-order valence-electron chi connectivity index (χ1n) is 54.3. The largest absolute Gasteiger partial charge is 0.426 e. The Hall–Kier alpha value is -1.89. The summed E-state index contributed by atoms with van der Waals surface area (Å²) < 4.78 is 62.8. The molecule has 12 heteroatoms. The molecule has 0 saturated heterocycles. The minimum Gasteiger partial charge on any atom is -0.426 e. The Balaban J connectivity index is 2.23. The molecule has 0 aliphatic heterocycles. The number of hydrogen-bond donors (Lipinski definition) is 0. The van der Waals surface area contributed by atoms with Gasteiger partial charge in [0, 0.05) is 22.6 Å². The quantitative estimate of drug-likeness (QED) is 0.0405. The number of unbranched alkanes of at least 4 members (excludes halogenated alkanes) is 42. The van der Waals surface area contributed by atoms with E-state index < -0.39 is 25.8 Å². The van der Waals surface area contributed by atoms with Gasteiger partial charge in [-0.25, -0.2) is 0 Å². The summed E-state index contributed by atoms with van der Waals surface area (Å²) in [4.78, 5) is 0. The molecular weight excluding hydrogens is 1620 g/mol. The molecule has 0 heterocycles. The Labute approximate surface area is 794 Å². The van der Waals surface area contributed by atoms with E-state index in [1.807, 2.05) is 0 Å². The van der Waals surface area contributed by atoms with Gasteiger partial charge in [-0.3, -0.25) is 0 Å². The second-order valence-electron chi connectivity index (χ2n) is 45.1. The molecule has 0 N–H and O–H groups in total. The third-order valence-corrected chi connectivity index (χ3v) is 29.6. The van der Waals surface area contributed by atoms with E-state index in [2.05, 4.69) is 209 Å². The molecule has 127 heavy (non-hydrogen) atoms. The second-order valence-corrected chi connectivity index (χ2v) is 48.5.